The third kappa shape index (κ3) is 3.25. The zero-order valence-corrected chi connectivity index (χ0v) is 13.1. The molecule has 8 heteroatoms. The number of carboxylic acid groups (broad SMARTS) is 1. The van der Waals surface area contributed by atoms with Crippen LogP contribution in [-0.2, 0) is 10.0 Å². The highest BCUT2D eigenvalue weighted by molar-refractivity contribution is 14.1. The molecule has 1 aromatic carbocycles. The van der Waals surface area contributed by atoms with Crippen LogP contribution in [0.4, 0.5) is 5.69 Å². The number of benzene rings is 1. The topological polar surface area (TPSA) is 83.5 Å². The molecule has 0 atom stereocenters. The van der Waals surface area contributed by atoms with E-state index in [1.807, 2.05) is 22.6 Å². The number of nitrogens with one attached hydrogen (secondary N) is 1. The lowest BCUT2D eigenvalue weighted by Crippen LogP contribution is -2.12. The molecule has 0 aliphatic heterocycles. The Hall–Kier alpha value is -1.13. The fourth-order valence-electron chi connectivity index (χ4n) is 1.31. The first kappa shape index (κ1) is 14.3. The van der Waals surface area contributed by atoms with Gasteiger partial charge in [-0.15, -0.1) is 11.3 Å². The van der Waals surface area contributed by atoms with Gasteiger partial charge >= 0.3 is 5.97 Å². The molecule has 5 nitrogen and oxygen atoms in total. The highest BCUT2D eigenvalue weighted by Gasteiger charge is 2.19. The monoisotopic (exact) mass is 409 g/mol. The minimum absolute atomic E-state index is 0.0236. The molecule has 1 heterocycles. The van der Waals surface area contributed by atoms with Gasteiger partial charge in [-0.2, -0.15) is 0 Å². The zero-order valence-electron chi connectivity index (χ0n) is 9.33. The quantitative estimate of drug-likeness (QED) is 0.761. The first-order valence-corrected chi connectivity index (χ1v) is 8.43. The van der Waals surface area contributed by atoms with Gasteiger partial charge in [0.15, 0.2) is 0 Å². The van der Waals surface area contributed by atoms with Gasteiger partial charge in [0, 0.05) is 8.95 Å². The number of carbonyl (C=O) groups is 1. The minimum Gasteiger partial charge on any atom is -0.478 e. The van der Waals surface area contributed by atoms with Crippen molar-refractivity contribution in [3.63, 3.8) is 0 Å². The molecule has 2 rings (SSSR count). The fourth-order valence-corrected chi connectivity index (χ4v) is 4.25. The SMILES string of the molecule is O=C(O)c1csc(S(=O)(=O)Nc2ccccc2I)c1. The maximum atomic E-state index is 12.1. The van der Waals surface area contributed by atoms with Crippen molar-refractivity contribution in [2.45, 2.75) is 4.21 Å². The predicted molar refractivity (Wildman–Crippen MR) is 81.2 cm³/mol. The Bertz CT molecular complexity index is 724. The number of aromatic carboxylic acids is 1. The second-order valence-electron chi connectivity index (χ2n) is 3.54. The molecule has 19 heavy (non-hydrogen) atoms. The number of para-hydroxylation sites is 1. The summed E-state index contributed by atoms with van der Waals surface area (Å²) in [6.45, 7) is 0. The molecule has 0 fully saturated rings. The summed E-state index contributed by atoms with van der Waals surface area (Å²) in [4.78, 5) is 10.7. The summed E-state index contributed by atoms with van der Waals surface area (Å²) in [7, 11) is -3.75. The van der Waals surface area contributed by atoms with Crippen molar-refractivity contribution in [3.05, 3.63) is 44.8 Å². The number of carboxylic acids is 1. The second-order valence-corrected chi connectivity index (χ2v) is 7.53. The average molecular weight is 409 g/mol. The van der Waals surface area contributed by atoms with Gasteiger partial charge in [0.1, 0.15) is 4.21 Å². The van der Waals surface area contributed by atoms with Gasteiger partial charge in [-0.05, 0) is 40.8 Å². The zero-order chi connectivity index (χ0) is 14.0. The molecule has 2 N–H and O–H groups in total. The maximum absolute atomic E-state index is 12.1. The van der Waals surface area contributed by atoms with E-state index in [9.17, 15) is 13.2 Å². The van der Waals surface area contributed by atoms with Crippen LogP contribution in [0.3, 0.4) is 0 Å². The van der Waals surface area contributed by atoms with Crippen LogP contribution in [0.1, 0.15) is 10.4 Å². The summed E-state index contributed by atoms with van der Waals surface area (Å²) >= 11 is 2.89. The van der Waals surface area contributed by atoms with Crippen molar-refractivity contribution in [2.75, 3.05) is 4.72 Å². The molecular formula is C11H8INO4S2. The van der Waals surface area contributed by atoms with E-state index in [0.29, 0.717) is 5.69 Å². The van der Waals surface area contributed by atoms with E-state index in [1.165, 1.54) is 5.38 Å². The van der Waals surface area contributed by atoms with Crippen LogP contribution >= 0.6 is 33.9 Å². The van der Waals surface area contributed by atoms with Crippen LogP contribution in [0.25, 0.3) is 0 Å². The van der Waals surface area contributed by atoms with Gasteiger partial charge in [0.05, 0.1) is 11.3 Å². The number of thiophene rings is 1. The van der Waals surface area contributed by atoms with Gasteiger partial charge in [-0.25, -0.2) is 13.2 Å². The van der Waals surface area contributed by atoms with Crippen LogP contribution in [0.2, 0.25) is 0 Å². The van der Waals surface area contributed by atoms with Crippen LogP contribution < -0.4 is 4.72 Å². The smallest absolute Gasteiger partial charge is 0.336 e. The van der Waals surface area contributed by atoms with Gasteiger partial charge in [0.25, 0.3) is 10.0 Å². The standard InChI is InChI=1S/C11H8INO4S2/c12-8-3-1-2-4-9(8)13-19(16,17)10-5-7(6-18-10)11(14)15/h1-6,13H,(H,14,15). The molecule has 1 aromatic heterocycles. The van der Waals surface area contributed by atoms with Crippen molar-refractivity contribution < 1.29 is 18.3 Å². The van der Waals surface area contributed by atoms with Crippen LogP contribution in [-0.4, -0.2) is 19.5 Å². The van der Waals surface area contributed by atoms with Crippen molar-refractivity contribution in [3.8, 4) is 0 Å². The van der Waals surface area contributed by atoms with Crippen molar-refractivity contribution >= 4 is 55.6 Å². The highest BCUT2D eigenvalue weighted by Crippen LogP contribution is 2.25. The third-order valence-electron chi connectivity index (χ3n) is 2.21. The number of rotatable bonds is 4. The molecule has 100 valence electrons. The molecular weight excluding hydrogens is 401 g/mol. The number of anilines is 1. The van der Waals surface area contributed by atoms with E-state index in [1.54, 1.807) is 24.3 Å². The van der Waals surface area contributed by atoms with Crippen molar-refractivity contribution in [1.29, 1.82) is 0 Å². The first-order chi connectivity index (χ1) is 8.90. The Morgan fingerprint density at radius 2 is 2.00 bits per heavy atom. The molecule has 2 aromatic rings. The lowest BCUT2D eigenvalue weighted by molar-refractivity contribution is 0.0697. The molecule has 0 radical (unpaired) electrons. The Morgan fingerprint density at radius 1 is 1.32 bits per heavy atom. The molecule has 0 spiro atoms. The predicted octanol–water partition coefficient (Wildman–Crippen LogP) is 2.85. The van der Waals surface area contributed by atoms with Crippen molar-refractivity contribution in [2.24, 2.45) is 0 Å². The normalized spacial score (nSPS) is 11.2. The van der Waals surface area contributed by atoms with Crippen LogP contribution in [0.15, 0.2) is 39.9 Å². The number of halogens is 1. The highest BCUT2D eigenvalue weighted by atomic mass is 127. The largest absolute Gasteiger partial charge is 0.478 e. The van der Waals surface area contributed by atoms with Gasteiger partial charge in [-0.3, -0.25) is 4.72 Å². The van der Waals surface area contributed by atoms with Gasteiger partial charge < -0.3 is 5.11 Å². The maximum Gasteiger partial charge on any atom is 0.336 e. The molecule has 0 bridgehead atoms. The van der Waals surface area contributed by atoms with E-state index in [2.05, 4.69) is 4.72 Å². The summed E-state index contributed by atoms with van der Waals surface area (Å²) in [5.74, 6) is -1.15. The summed E-state index contributed by atoms with van der Waals surface area (Å²) < 4.78 is 27.4. The Morgan fingerprint density at radius 3 is 2.58 bits per heavy atom. The minimum atomic E-state index is -3.75. The summed E-state index contributed by atoms with van der Waals surface area (Å²) in [5.41, 5.74) is 0.432. The van der Waals surface area contributed by atoms with Crippen molar-refractivity contribution in [1.82, 2.24) is 0 Å². The number of sulfonamides is 1. The summed E-state index contributed by atoms with van der Waals surface area (Å²) in [6.07, 6.45) is 0. The van der Waals surface area contributed by atoms with E-state index in [4.69, 9.17) is 5.11 Å². The Balaban J connectivity index is 2.32. The van der Waals surface area contributed by atoms with Crippen LogP contribution in [0.5, 0.6) is 0 Å². The first-order valence-electron chi connectivity index (χ1n) is 4.99. The fraction of sp³-hybridized carbons (Fsp3) is 0. The molecule has 0 aliphatic rings. The number of hydrogen-bond acceptors (Lipinski definition) is 4. The van der Waals surface area contributed by atoms with Crippen LogP contribution in [0, 0.1) is 3.57 Å². The number of hydrogen-bond donors (Lipinski definition) is 2. The van der Waals surface area contributed by atoms with Gasteiger partial charge in [0.2, 0.25) is 0 Å². The lowest BCUT2D eigenvalue weighted by Gasteiger charge is -2.07. The Kier molecular flexibility index (Phi) is 4.11. The lowest BCUT2D eigenvalue weighted by atomic mass is 10.3. The molecule has 0 aliphatic carbocycles. The third-order valence-corrected chi connectivity index (χ3v) is 5.95. The second kappa shape index (κ2) is 5.47. The molecule has 0 saturated carbocycles. The van der Waals surface area contributed by atoms with E-state index < -0.39 is 16.0 Å². The molecule has 0 unspecified atom stereocenters. The van der Waals surface area contributed by atoms with Gasteiger partial charge in [-0.1, -0.05) is 12.1 Å². The summed E-state index contributed by atoms with van der Waals surface area (Å²) in [6, 6.07) is 8.08. The van der Waals surface area contributed by atoms with E-state index >= 15 is 0 Å². The molecule has 0 saturated heterocycles. The van der Waals surface area contributed by atoms with E-state index in [0.717, 1.165) is 21.0 Å². The average Bonchev–Trinajstić information content (AvgIpc) is 2.82. The Labute approximate surface area is 127 Å². The molecule has 0 amide bonds. The van der Waals surface area contributed by atoms with E-state index in [-0.39, 0.29) is 9.77 Å². The summed E-state index contributed by atoms with van der Waals surface area (Å²) in [5, 5.41) is 10.1.